The second kappa shape index (κ2) is 8.11. The maximum absolute atomic E-state index is 6.34. The zero-order valence-electron chi connectivity index (χ0n) is 16.0. The summed E-state index contributed by atoms with van der Waals surface area (Å²) in [4.78, 5) is 15.9. The number of hydrogen-bond acceptors (Lipinski definition) is 10. The Morgan fingerprint density at radius 3 is 2.72 bits per heavy atom. The van der Waals surface area contributed by atoms with Gasteiger partial charge >= 0.3 is 0 Å². The average molecular weight is 438 g/mol. The van der Waals surface area contributed by atoms with Crippen LogP contribution in [0, 0.1) is 5.41 Å². The van der Waals surface area contributed by atoms with Crippen LogP contribution in [0.15, 0.2) is 28.4 Å². The normalized spacial score (nSPS) is 23.6. The molecule has 11 heteroatoms. The van der Waals surface area contributed by atoms with Gasteiger partial charge < -0.3 is 31.6 Å². The number of nitrogen functional groups attached to an aromatic ring is 2. The van der Waals surface area contributed by atoms with Crippen molar-refractivity contribution in [3.05, 3.63) is 23.5 Å². The van der Waals surface area contributed by atoms with Gasteiger partial charge in [-0.1, -0.05) is 23.4 Å². The summed E-state index contributed by atoms with van der Waals surface area (Å²) in [7, 11) is 1.67. The van der Waals surface area contributed by atoms with E-state index in [2.05, 4.69) is 19.9 Å². The maximum atomic E-state index is 6.34. The number of nitrogens with zero attached hydrogens (tertiary/aromatic N) is 4. The number of aromatic nitrogens is 3. The van der Waals surface area contributed by atoms with Gasteiger partial charge in [0.25, 0.3) is 0 Å². The molecule has 9 nitrogen and oxygen atoms in total. The number of piperidine rings is 1. The number of anilines is 3. The molecule has 156 valence electrons. The summed E-state index contributed by atoms with van der Waals surface area (Å²) in [5.41, 5.74) is 18.1. The molecular formula is C18H24ClN7O2S. The van der Waals surface area contributed by atoms with Gasteiger partial charge in [-0.15, -0.1) is 0 Å². The van der Waals surface area contributed by atoms with Crippen LogP contribution in [-0.4, -0.2) is 54.1 Å². The van der Waals surface area contributed by atoms with Crippen molar-refractivity contribution in [2.45, 2.75) is 35.1 Å². The lowest BCUT2D eigenvalue weighted by atomic mass is 9.73. The van der Waals surface area contributed by atoms with E-state index in [0.29, 0.717) is 22.5 Å². The first kappa shape index (κ1) is 20.4. The monoisotopic (exact) mass is 437 g/mol. The number of halogens is 1. The second-order valence-electron chi connectivity index (χ2n) is 7.26. The molecule has 2 aromatic heterocycles. The smallest absolute Gasteiger partial charge is 0.164 e. The molecule has 1 spiro atoms. The maximum Gasteiger partial charge on any atom is 0.164 e. The Bertz CT molecular complexity index is 895. The molecule has 2 aliphatic rings. The fraction of sp³-hybridized carbons (Fsp3) is 0.500. The molecule has 0 amide bonds. The molecule has 2 atom stereocenters. The van der Waals surface area contributed by atoms with E-state index in [0.717, 1.165) is 36.6 Å². The lowest BCUT2D eigenvalue weighted by Gasteiger charge is -2.43. The summed E-state index contributed by atoms with van der Waals surface area (Å²) in [6.07, 6.45) is 4.78. The quantitative estimate of drug-likeness (QED) is 0.648. The van der Waals surface area contributed by atoms with Crippen LogP contribution >= 0.6 is 23.4 Å². The van der Waals surface area contributed by atoms with Crippen molar-refractivity contribution in [2.24, 2.45) is 11.1 Å². The molecule has 0 saturated carbocycles. The Labute approximate surface area is 178 Å². The fourth-order valence-corrected chi connectivity index (χ4v) is 5.01. The Balaban J connectivity index is 1.47. The summed E-state index contributed by atoms with van der Waals surface area (Å²) < 4.78 is 11.2. The standard InChI is InChI=1S/C18H24ClN7O2S/c1-27-17-18(11(20)9-28-17)3-6-26(7-4-18)12-8-24-16(15(22)25-12)29-10-2-5-23-14(21)13(10)19/h2,5,8,11,17H,3-4,6-7,9,20H2,1H3,(H2,21,23)(H2,22,25)/t11-,17?/m1/s1. The minimum atomic E-state index is -0.257. The zero-order valence-corrected chi connectivity index (χ0v) is 17.6. The van der Waals surface area contributed by atoms with E-state index in [9.17, 15) is 0 Å². The molecule has 6 N–H and O–H groups in total. The van der Waals surface area contributed by atoms with Gasteiger partial charge in [0.2, 0.25) is 0 Å². The fourth-order valence-electron chi connectivity index (χ4n) is 4.00. The predicted molar refractivity (Wildman–Crippen MR) is 113 cm³/mol. The van der Waals surface area contributed by atoms with Crippen molar-refractivity contribution in [2.75, 3.05) is 43.2 Å². The molecule has 2 saturated heterocycles. The first-order valence-electron chi connectivity index (χ1n) is 9.30. The van der Waals surface area contributed by atoms with Gasteiger partial charge in [-0.25, -0.2) is 15.0 Å². The Morgan fingerprint density at radius 2 is 2.03 bits per heavy atom. The van der Waals surface area contributed by atoms with Crippen molar-refractivity contribution in [3.63, 3.8) is 0 Å². The molecule has 1 unspecified atom stereocenters. The summed E-state index contributed by atoms with van der Waals surface area (Å²) in [5, 5.41) is 0.951. The highest BCUT2D eigenvalue weighted by Crippen LogP contribution is 2.44. The molecule has 0 aliphatic carbocycles. The summed E-state index contributed by atoms with van der Waals surface area (Å²) in [6.45, 7) is 2.09. The van der Waals surface area contributed by atoms with Crippen LogP contribution in [0.2, 0.25) is 5.02 Å². The predicted octanol–water partition coefficient (Wildman–Crippen LogP) is 1.76. The highest BCUT2D eigenvalue weighted by atomic mass is 35.5. The summed E-state index contributed by atoms with van der Waals surface area (Å²) in [6, 6.07) is 1.74. The van der Waals surface area contributed by atoms with Gasteiger partial charge in [0.1, 0.15) is 16.7 Å². The lowest BCUT2D eigenvalue weighted by Crippen LogP contribution is -2.52. The van der Waals surface area contributed by atoms with Gasteiger partial charge in [0.05, 0.1) is 17.8 Å². The molecule has 0 aromatic carbocycles. The van der Waals surface area contributed by atoms with E-state index in [1.54, 1.807) is 25.6 Å². The van der Waals surface area contributed by atoms with Gasteiger partial charge in [-0.2, -0.15) is 0 Å². The molecular weight excluding hydrogens is 414 g/mol. The molecule has 29 heavy (non-hydrogen) atoms. The van der Waals surface area contributed by atoms with Crippen LogP contribution in [0.4, 0.5) is 17.5 Å². The average Bonchev–Trinajstić information content (AvgIpc) is 3.02. The van der Waals surface area contributed by atoms with Gasteiger partial charge in [-0.05, 0) is 18.9 Å². The molecule has 2 aliphatic heterocycles. The number of hydrogen-bond donors (Lipinski definition) is 3. The number of nitrogens with two attached hydrogens (primary N) is 3. The van der Waals surface area contributed by atoms with Gasteiger partial charge in [-0.3, -0.25) is 0 Å². The molecule has 2 fully saturated rings. The largest absolute Gasteiger partial charge is 0.382 e. The SMILES string of the molecule is COC1OC[C@@H](N)C12CCN(c1cnc(Sc3ccnc(N)c3Cl)c(N)n1)CC2. The molecule has 0 radical (unpaired) electrons. The minimum absolute atomic E-state index is 0.0259. The van der Waals surface area contributed by atoms with E-state index in [1.165, 1.54) is 11.8 Å². The van der Waals surface area contributed by atoms with Crippen LogP contribution in [-0.2, 0) is 9.47 Å². The summed E-state index contributed by atoms with van der Waals surface area (Å²) in [5.74, 6) is 1.35. The molecule has 4 rings (SSSR count). The van der Waals surface area contributed by atoms with E-state index in [1.807, 2.05) is 0 Å². The lowest BCUT2D eigenvalue weighted by molar-refractivity contribution is -0.148. The number of pyridine rings is 1. The Morgan fingerprint density at radius 1 is 1.28 bits per heavy atom. The molecule has 0 bridgehead atoms. The van der Waals surface area contributed by atoms with Crippen LogP contribution < -0.4 is 22.1 Å². The van der Waals surface area contributed by atoms with E-state index >= 15 is 0 Å². The van der Waals surface area contributed by atoms with Crippen molar-refractivity contribution < 1.29 is 9.47 Å². The minimum Gasteiger partial charge on any atom is -0.382 e. The highest BCUT2D eigenvalue weighted by Gasteiger charge is 2.51. The molecule has 4 heterocycles. The Kier molecular flexibility index (Phi) is 5.71. The first-order chi connectivity index (χ1) is 13.9. The Hall–Kier alpha value is -1.85. The topological polar surface area (TPSA) is 138 Å². The van der Waals surface area contributed by atoms with Crippen molar-refractivity contribution in [1.82, 2.24) is 15.0 Å². The van der Waals surface area contributed by atoms with E-state index < -0.39 is 0 Å². The van der Waals surface area contributed by atoms with Gasteiger partial charge in [0.15, 0.2) is 12.1 Å². The second-order valence-corrected chi connectivity index (χ2v) is 8.67. The van der Waals surface area contributed by atoms with Crippen LogP contribution in [0.1, 0.15) is 12.8 Å². The number of methoxy groups -OCH3 is 1. The first-order valence-corrected chi connectivity index (χ1v) is 10.5. The number of rotatable bonds is 4. The van der Waals surface area contributed by atoms with Crippen LogP contribution in [0.3, 0.4) is 0 Å². The van der Waals surface area contributed by atoms with E-state index in [-0.39, 0.29) is 23.6 Å². The zero-order chi connectivity index (χ0) is 20.6. The highest BCUT2D eigenvalue weighted by molar-refractivity contribution is 7.99. The van der Waals surface area contributed by atoms with Crippen LogP contribution in [0.5, 0.6) is 0 Å². The number of ether oxygens (including phenoxy) is 2. The van der Waals surface area contributed by atoms with Crippen molar-refractivity contribution in [3.8, 4) is 0 Å². The van der Waals surface area contributed by atoms with E-state index in [4.69, 9.17) is 38.3 Å². The van der Waals surface area contributed by atoms with Crippen molar-refractivity contribution >= 4 is 40.8 Å². The third-order valence-electron chi connectivity index (χ3n) is 5.71. The third-order valence-corrected chi connectivity index (χ3v) is 7.28. The molecule has 2 aromatic rings. The van der Waals surface area contributed by atoms with Crippen LogP contribution in [0.25, 0.3) is 0 Å². The van der Waals surface area contributed by atoms with Crippen molar-refractivity contribution in [1.29, 1.82) is 0 Å². The summed E-state index contributed by atoms with van der Waals surface area (Å²) >= 11 is 7.52. The van der Waals surface area contributed by atoms with Gasteiger partial charge in [0, 0.05) is 42.7 Å². The third kappa shape index (κ3) is 3.71.